The van der Waals surface area contributed by atoms with Crippen LogP contribution in [0.1, 0.15) is 33.6 Å². The first-order valence-electron chi connectivity index (χ1n) is 6.86. The molecule has 0 radical (unpaired) electrons. The molecule has 21 heavy (non-hydrogen) atoms. The number of nitrogens with zero attached hydrogens (tertiary/aromatic N) is 1. The molecule has 1 unspecified atom stereocenters. The number of halogens is 1. The second-order valence-corrected chi connectivity index (χ2v) is 5.61. The number of imide groups is 1. The van der Waals surface area contributed by atoms with Gasteiger partial charge in [0.2, 0.25) is 5.91 Å². The number of rotatable bonds is 7. The Morgan fingerprint density at radius 1 is 1.38 bits per heavy atom. The van der Waals surface area contributed by atoms with Gasteiger partial charge in [-0.2, -0.15) is 0 Å². The molecule has 8 heteroatoms. The third-order valence-electron chi connectivity index (χ3n) is 3.33. The fourth-order valence-electron chi connectivity index (χ4n) is 1.88. The van der Waals surface area contributed by atoms with Gasteiger partial charge in [0.25, 0.3) is 5.91 Å². The molecule has 7 nitrogen and oxygen atoms in total. The molecule has 1 saturated heterocycles. The molecule has 0 aromatic rings. The predicted molar refractivity (Wildman–Crippen MR) is 82.3 cm³/mol. The van der Waals surface area contributed by atoms with Crippen molar-refractivity contribution in [1.29, 1.82) is 0 Å². The topological polar surface area (TPSA) is 90.5 Å². The van der Waals surface area contributed by atoms with Crippen LogP contribution in [-0.2, 0) is 9.59 Å². The lowest BCUT2D eigenvalue weighted by Crippen LogP contribution is -2.40. The summed E-state index contributed by atoms with van der Waals surface area (Å²) in [5, 5.41) is 8.42. The standard InChI is InChI=1S/C13H24N4O3.ClH/c1-9(14-4)8-15-10(18)6-5-7-17-11(19)13(2,3)16-12(17)20;/h9,14H,5-8H2,1-4H3,(H,15,18)(H,16,20);1H. The van der Waals surface area contributed by atoms with Gasteiger partial charge in [0.1, 0.15) is 5.54 Å². The first-order valence-corrected chi connectivity index (χ1v) is 6.86. The zero-order valence-corrected chi connectivity index (χ0v) is 13.8. The third-order valence-corrected chi connectivity index (χ3v) is 3.33. The van der Waals surface area contributed by atoms with E-state index >= 15 is 0 Å². The summed E-state index contributed by atoms with van der Waals surface area (Å²) >= 11 is 0. The Hall–Kier alpha value is -1.34. The first-order chi connectivity index (χ1) is 9.27. The largest absolute Gasteiger partial charge is 0.355 e. The molecule has 0 aliphatic carbocycles. The predicted octanol–water partition coefficient (Wildman–Crippen LogP) is 0.243. The molecule has 122 valence electrons. The number of amides is 4. The van der Waals surface area contributed by atoms with Gasteiger partial charge in [0.15, 0.2) is 0 Å². The number of urea groups is 1. The van der Waals surface area contributed by atoms with E-state index in [9.17, 15) is 14.4 Å². The molecular weight excluding hydrogens is 296 g/mol. The van der Waals surface area contributed by atoms with Crippen LogP contribution >= 0.6 is 12.4 Å². The summed E-state index contributed by atoms with van der Waals surface area (Å²) in [7, 11) is 1.83. The summed E-state index contributed by atoms with van der Waals surface area (Å²) in [6, 6.07) is -0.171. The highest BCUT2D eigenvalue weighted by molar-refractivity contribution is 6.06. The van der Waals surface area contributed by atoms with Crippen molar-refractivity contribution in [2.24, 2.45) is 0 Å². The number of nitrogens with one attached hydrogen (secondary N) is 3. The van der Waals surface area contributed by atoms with Gasteiger partial charge >= 0.3 is 6.03 Å². The lowest BCUT2D eigenvalue weighted by atomic mass is 10.1. The van der Waals surface area contributed by atoms with Gasteiger partial charge in [-0.05, 0) is 34.2 Å². The summed E-state index contributed by atoms with van der Waals surface area (Å²) in [4.78, 5) is 36.3. The molecule has 0 aromatic heterocycles. The second kappa shape index (κ2) is 8.19. The van der Waals surface area contributed by atoms with Gasteiger partial charge in [0.05, 0.1) is 0 Å². The fourth-order valence-corrected chi connectivity index (χ4v) is 1.88. The average molecular weight is 321 g/mol. The summed E-state index contributed by atoms with van der Waals surface area (Å²) < 4.78 is 0. The number of carbonyl (C=O) groups is 3. The molecule has 1 rings (SSSR count). The normalized spacial score (nSPS) is 18.0. The van der Waals surface area contributed by atoms with Crippen molar-refractivity contribution in [2.45, 2.75) is 45.2 Å². The van der Waals surface area contributed by atoms with Gasteiger partial charge in [-0.25, -0.2) is 4.79 Å². The SMILES string of the molecule is CNC(C)CNC(=O)CCCN1C(=O)NC(C)(C)C1=O.Cl. The van der Waals surface area contributed by atoms with Crippen LogP contribution in [-0.4, -0.2) is 54.5 Å². The van der Waals surface area contributed by atoms with E-state index < -0.39 is 5.54 Å². The highest BCUT2D eigenvalue weighted by Crippen LogP contribution is 2.16. The van der Waals surface area contributed by atoms with E-state index in [2.05, 4.69) is 16.0 Å². The van der Waals surface area contributed by atoms with Crippen LogP contribution in [0.2, 0.25) is 0 Å². The van der Waals surface area contributed by atoms with E-state index in [1.165, 1.54) is 4.90 Å². The zero-order valence-electron chi connectivity index (χ0n) is 13.0. The third kappa shape index (κ3) is 5.51. The first kappa shape index (κ1) is 19.7. The maximum Gasteiger partial charge on any atom is 0.325 e. The second-order valence-electron chi connectivity index (χ2n) is 5.61. The molecular formula is C13H25ClN4O3. The van der Waals surface area contributed by atoms with E-state index in [1.54, 1.807) is 13.8 Å². The molecule has 4 amide bonds. The molecule has 1 aliphatic rings. The Morgan fingerprint density at radius 2 is 2.00 bits per heavy atom. The fraction of sp³-hybridized carbons (Fsp3) is 0.769. The van der Waals surface area contributed by atoms with Crippen molar-refractivity contribution in [3.63, 3.8) is 0 Å². The van der Waals surface area contributed by atoms with Crippen LogP contribution in [0.25, 0.3) is 0 Å². The molecule has 0 spiro atoms. The minimum Gasteiger partial charge on any atom is -0.355 e. The molecule has 3 N–H and O–H groups in total. The van der Waals surface area contributed by atoms with Crippen molar-refractivity contribution >= 4 is 30.3 Å². The van der Waals surface area contributed by atoms with Crippen molar-refractivity contribution in [2.75, 3.05) is 20.1 Å². The Bertz CT molecular complexity index is 401. The van der Waals surface area contributed by atoms with Gasteiger partial charge < -0.3 is 16.0 Å². The monoisotopic (exact) mass is 320 g/mol. The molecule has 0 bridgehead atoms. The zero-order chi connectivity index (χ0) is 15.3. The van der Waals surface area contributed by atoms with E-state index in [-0.39, 0.29) is 42.8 Å². The van der Waals surface area contributed by atoms with Crippen molar-refractivity contribution < 1.29 is 14.4 Å². The molecule has 1 heterocycles. The minimum absolute atomic E-state index is 0. The van der Waals surface area contributed by atoms with Crippen molar-refractivity contribution in [1.82, 2.24) is 20.9 Å². The van der Waals surface area contributed by atoms with Crippen LogP contribution in [0.5, 0.6) is 0 Å². The highest BCUT2D eigenvalue weighted by Gasteiger charge is 2.43. The van der Waals surface area contributed by atoms with E-state index in [0.717, 1.165) is 0 Å². The highest BCUT2D eigenvalue weighted by atomic mass is 35.5. The lowest BCUT2D eigenvalue weighted by Gasteiger charge is -2.16. The summed E-state index contributed by atoms with van der Waals surface area (Å²) in [6.07, 6.45) is 0.767. The van der Waals surface area contributed by atoms with Crippen LogP contribution in [0, 0.1) is 0 Å². The van der Waals surface area contributed by atoms with E-state index in [4.69, 9.17) is 0 Å². The Balaban J connectivity index is 0.00000400. The lowest BCUT2D eigenvalue weighted by molar-refractivity contribution is -0.130. The average Bonchev–Trinajstić information content (AvgIpc) is 2.57. The molecule has 0 aromatic carbocycles. The van der Waals surface area contributed by atoms with Gasteiger partial charge in [-0.15, -0.1) is 12.4 Å². The Labute approximate surface area is 131 Å². The van der Waals surface area contributed by atoms with Crippen LogP contribution in [0.15, 0.2) is 0 Å². The Morgan fingerprint density at radius 3 is 2.48 bits per heavy atom. The van der Waals surface area contributed by atoms with Crippen LogP contribution < -0.4 is 16.0 Å². The molecule has 0 saturated carbocycles. The number of hydrogen-bond donors (Lipinski definition) is 3. The van der Waals surface area contributed by atoms with E-state index in [1.807, 2.05) is 14.0 Å². The van der Waals surface area contributed by atoms with Gasteiger partial charge in [0, 0.05) is 25.6 Å². The number of hydrogen-bond acceptors (Lipinski definition) is 4. The van der Waals surface area contributed by atoms with Crippen molar-refractivity contribution in [3.8, 4) is 0 Å². The quantitative estimate of drug-likeness (QED) is 0.586. The smallest absolute Gasteiger partial charge is 0.325 e. The van der Waals surface area contributed by atoms with Crippen LogP contribution in [0.4, 0.5) is 4.79 Å². The van der Waals surface area contributed by atoms with E-state index in [0.29, 0.717) is 19.4 Å². The van der Waals surface area contributed by atoms with Gasteiger partial charge in [-0.1, -0.05) is 0 Å². The number of likely N-dealkylation sites (N-methyl/N-ethyl adjacent to an activating group) is 1. The molecule has 1 fully saturated rings. The summed E-state index contributed by atoms with van der Waals surface area (Å²) in [6.45, 7) is 6.13. The summed E-state index contributed by atoms with van der Waals surface area (Å²) in [5.74, 6) is -0.315. The maximum absolute atomic E-state index is 11.9. The molecule has 1 aliphatic heterocycles. The summed E-state index contributed by atoms with van der Waals surface area (Å²) in [5.41, 5.74) is -0.846. The van der Waals surface area contributed by atoms with Gasteiger partial charge in [-0.3, -0.25) is 14.5 Å². The molecule has 1 atom stereocenters. The van der Waals surface area contributed by atoms with Crippen LogP contribution in [0.3, 0.4) is 0 Å². The van der Waals surface area contributed by atoms with Crippen molar-refractivity contribution in [3.05, 3.63) is 0 Å². The Kier molecular flexibility index (Phi) is 7.67. The maximum atomic E-state index is 11.9. The minimum atomic E-state index is -0.846. The number of carbonyl (C=O) groups excluding carboxylic acids is 3.